The normalized spacial score (nSPS) is 12.5. The SMILES string of the molecule is CCCC(Cl)CNc1nnc(CC)c(CC)n1. The first-order chi connectivity index (χ1) is 8.21. The van der Waals surface area contributed by atoms with E-state index < -0.39 is 0 Å². The van der Waals surface area contributed by atoms with Gasteiger partial charge in [0.15, 0.2) is 0 Å². The monoisotopic (exact) mass is 256 g/mol. The number of hydrogen-bond donors (Lipinski definition) is 1. The van der Waals surface area contributed by atoms with Crippen LogP contribution in [-0.4, -0.2) is 27.1 Å². The van der Waals surface area contributed by atoms with E-state index in [4.69, 9.17) is 11.6 Å². The zero-order chi connectivity index (χ0) is 12.7. The molecule has 0 amide bonds. The van der Waals surface area contributed by atoms with Crippen molar-refractivity contribution in [1.29, 1.82) is 0 Å². The highest BCUT2D eigenvalue weighted by atomic mass is 35.5. The molecule has 1 aromatic heterocycles. The number of rotatable bonds is 7. The zero-order valence-corrected chi connectivity index (χ0v) is 11.6. The van der Waals surface area contributed by atoms with Crippen LogP contribution in [-0.2, 0) is 12.8 Å². The molecule has 0 saturated carbocycles. The number of nitrogens with one attached hydrogen (secondary N) is 1. The molecule has 5 heteroatoms. The van der Waals surface area contributed by atoms with Crippen molar-refractivity contribution in [3.8, 4) is 0 Å². The topological polar surface area (TPSA) is 50.7 Å². The van der Waals surface area contributed by atoms with Gasteiger partial charge >= 0.3 is 0 Å². The van der Waals surface area contributed by atoms with Gasteiger partial charge < -0.3 is 5.32 Å². The van der Waals surface area contributed by atoms with Crippen LogP contribution in [0.25, 0.3) is 0 Å². The summed E-state index contributed by atoms with van der Waals surface area (Å²) in [7, 11) is 0. The highest BCUT2D eigenvalue weighted by Gasteiger charge is 2.07. The molecule has 1 unspecified atom stereocenters. The van der Waals surface area contributed by atoms with Crippen molar-refractivity contribution in [1.82, 2.24) is 15.2 Å². The largest absolute Gasteiger partial charge is 0.351 e. The number of aryl methyl sites for hydroxylation is 2. The van der Waals surface area contributed by atoms with Gasteiger partial charge in [0, 0.05) is 6.54 Å². The standard InChI is InChI=1S/C12H21ClN4/c1-4-7-9(13)8-14-12-15-10(5-2)11(6-3)16-17-12/h9H,4-8H2,1-3H3,(H,14,15,17). The number of halogens is 1. The first kappa shape index (κ1) is 14.2. The number of hydrogen-bond acceptors (Lipinski definition) is 4. The zero-order valence-electron chi connectivity index (χ0n) is 10.8. The maximum atomic E-state index is 6.12. The van der Waals surface area contributed by atoms with Gasteiger partial charge in [-0.15, -0.1) is 16.7 Å². The quantitative estimate of drug-likeness (QED) is 0.763. The molecule has 4 nitrogen and oxygen atoms in total. The average Bonchev–Trinajstić information content (AvgIpc) is 2.36. The second-order valence-corrected chi connectivity index (χ2v) is 4.62. The summed E-state index contributed by atoms with van der Waals surface area (Å²) >= 11 is 6.12. The number of alkyl halides is 1. The molecule has 96 valence electrons. The van der Waals surface area contributed by atoms with Crippen molar-refractivity contribution in [3.05, 3.63) is 11.4 Å². The Morgan fingerprint density at radius 1 is 1.12 bits per heavy atom. The van der Waals surface area contributed by atoms with Gasteiger partial charge in [-0.2, -0.15) is 5.10 Å². The minimum absolute atomic E-state index is 0.125. The van der Waals surface area contributed by atoms with E-state index >= 15 is 0 Å². The molecule has 1 N–H and O–H groups in total. The van der Waals surface area contributed by atoms with E-state index in [0.717, 1.165) is 37.1 Å². The summed E-state index contributed by atoms with van der Waals surface area (Å²) in [6.45, 7) is 6.95. The van der Waals surface area contributed by atoms with Crippen molar-refractivity contribution >= 4 is 17.5 Å². The number of aromatic nitrogens is 3. The van der Waals surface area contributed by atoms with E-state index in [2.05, 4.69) is 41.3 Å². The van der Waals surface area contributed by atoms with E-state index in [1.54, 1.807) is 0 Å². The van der Waals surface area contributed by atoms with Gasteiger partial charge in [0.2, 0.25) is 5.95 Å². The fourth-order valence-corrected chi connectivity index (χ4v) is 1.93. The van der Waals surface area contributed by atoms with Crippen LogP contribution in [0.2, 0.25) is 0 Å². The van der Waals surface area contributed by atoms with Gasteiger partial charge in [0.25, 0.3) is 0 Å². The fraction of sp³-hybridized carbons (Fsp3) is 0.750. The molecular weight excluding hydrogens is 236 g/mol. The summed E-state index contributed by atoms with van der Waals surface area (Å²) in [6, 6.07) is 0. The van der Waals surface area contributed by atoms with Crippen molar-refractivity contribution in [2.75, 3.05) is 11.9 Å². The second kappa shape index (κ2) is 7.43. The third-order valence-corrected chi connectivity index (χ3v) is 2.97. The van der Waals surface area contributed by atoms with Crippen LogP contribution < -0.4 is 5.32 Å². The van der Waals surface area contributed by atoms with Gasteiger partial charge in [-0.25, -0.2) is 4.98 Å². The summed E-state index contributed by atoms with van der Waals surface area (Å²) in [5.41, 5.74) is 2.00. The first-order valence-electron chi connectivity index (χ1n) is 6.31. The summed E-state index contributed by atoms with van der Waals surface area (Å²) in [6.07, 6.45) is 3.84. The van der Waals surface area contributed by atoms with Crippen LogP contribution in [0.1, 0.15) is 45.0 Å². The maximum Gasteiger partial charge on any atom is 0.243 e. The van der Waals surface area contributed by atoms with Gasteiger partial charge in [-0.05, 0) is 19.3 Å². The van der Waals surface area contributed by atoms with E-state index in [-0.39, 0.29) is 5.38 Å². The summed E-state index contributed by atoms with van der Waals surface area (Å²) in [4.78, 5) is 4.45. The molecule has 1 atom stereocenters. The van der Waals surface area contributed by atoms with E-state index in [9.17, 15) is 0 Å². The summed E-state index contributed by atoms with van der Waals surface area (Å²) < 4.78 is 0. The predicted molar refractivity (Wildman–Crippen MR) is 71.6 cm³/mol. The van der Waals surface area contributed by atoms with Crippen LogP contribution in [0.5, 0.6) is 0 Å². The van der Waals surface area contributed by atoms with E-state index in [1.807, 2.05) is 0 Å². The maximum absolute atomic E-state index is 6.12. The van der Waals surface area contributed by atoms with Crippen LogP contribution >= 0.6 is 11.6 Å². The van der Waals surface area contributed by atoms with Gasteiger partial charge in [-0.1, -0.05) is 27.2 Å². The Labute approximate surface area is 108 Å². The van der Waals surface area contributed by atoms with Gasteiger partial charge in [0.1, 0.15) is 0 Å². The van der Waals surface area contributed by atoms with Crippen molar-refractivity contribution in [2.24, 2.45) is 0 Å². The van der Waals surface area contributed by atoms with E-state index in [1.165, 1.54) is 0 Å². The minimum Gasteiger partial charge on any atom is -0.351 e. The molecule has 0 spiro atoms. The minimum atomic E-state index is 0.125. The Morgan fingerprint density at radius 2 is 1.82 bits per heavy atom. The van der Waals surface area contributed by atoms with Crippen LogP contribution in [0.4, 0.5) is 5.95 Å². The Balaban J connectivity index is 2.60. The molecule has 0 bridgehead atoms. The van der Waals surface area contributed by atoms with Crippen LogP contribution in [0, 0.1) is 0 Å². The Hall–Kier alpha value is -0.900. The molecular formula is C12H21ClN4. The first-order valence-corrected chi connectivity index (χ1v) is 6.75. The summed E-state index contributed by atoms with van der Waals surface area (Å²) in [5.74, 6) is 0.584. The fourth-order valence-electron chi connectivity index (χ4n) is 1.63. The number of anilines is 1. The van der Waals surface area contributed by atoms with Crippen LogP contribution in [0.3, 0.4) is 0 Å². The Kier molecular flexibility index (Phi) is 6.19. The van der Waals surface area contributed by atoms with Crippen LogP contribution in [0.15, 0.2) is 0 Å². The summed E-state index contributed by atoms with van der Waals surface area (Å²) in [5, 5.41) is 11.5. The van der Waals surface area contributed by atoms with Gasteiger partial charge in [-0.3, -0.25) is 0 Å². The highest BCUT2D eigenvalue weighted by Crippen LogP contribution is 2.09. The smallest absolute Gasteiger partial charge is 0.243 e. The molecule has 1 rings (SSSR count). The third-order valence-electron chi connectivity index (χ3n) is 2.59. The van der Waals surface area contributed by atoms with Gasteiger partial charge in [0.05, 0.1) is 16.8 Å². The molecule has 0 radical (unpaired) electrons. The molecule has 0 saturated heterocycles. The van der Waals surface area contributed by atoms with Crippen molar-refractivity contribution in [2.45, 2.75) is 51.8 Å². The molecule has 0 aliphatic rings. The molecule has 1 heterocycles. The lowest BCUT2D eigenvalue weighted by Crippen LogP contribution is -2.17. The lowest BCUT2D eigenvalue weighted by atomic mass is 10.2. The van der Waals surface area contributed by atoms with Crippen molar-refractivity contribution < 1.29 is 0 Å². The third kappa shape index (κ3) is 4.46. The molecule has 1 aromatic rings. The molecule has 0 fully saturated rings. The Bertz CT molecular complexity index is 343. The lowest BCUT2D eigenvalue weighted by Gasteiger charge is -2.10. The molecule has 0 aliphatic heterocycles. The van der Waals surface area contributed by atoms with Crippen molar-refractivity contribution in [3.63, 3.8) is 0 Å². The second-order valence-electron chi connectivity index (χ2n) is 4.00. The predicted octanol–water partition coefficient (Wildman–Crippen LogP) is 2.82. The van der Waals surface area contributed by atoms with E-state index in [0.29, 0.717) is 12.5 Å². The Morgan fingerprint density at radius 3 is 2.41 bits per heavy atom. The number of nitrogens with zero attached hydrogens (tertiary/aromatic N) is 3. The average molecular weight is 257 g/mol. The highest BCUT2D eigenvalue weighted by molar-refractivity contribution is 6.20. The molecule has 0 aromatic carbocycles. The molecule has 0 aliphatic carbocycles. The lowest BCUT2D eigenvalue weighted by molar-refractivity contribution is 0.741. The molecule has 17 heavy (non-hydrogen) atoms.